The zero-order chi connectivity index (χ0) is 14.4. The molecule has 2 amide bonds. The van der Waals surface area contributed by atoms with Gasteiger partial charge < -0.3 is 10.6 Å². The van der Waals surface area contributed by atoms with Crippen LogP contribution in [0, 0.1) is 6.92 Å². The molecule has 0 aliphatic heterocycles. The Hall–Kier alpha value is -1.36. The molecular weight excluding hydrogens is 308 g/mol. The molecule has 0 spiro atoms. The second-order valence-electron chi connectivity index (χ2n) is 4.46. The number of hydrogen-bond acceptors (Lipinski definition) is 2. The maximum Gasteiger partial charge on any atom is 0.254 e. The minimum absolute atomic E-state index is 0.0369. The van der Waals surface area contributed by atoms with Crippen molar-refractivity contribution in [1.82, 2.24) is 4.90 Å². The molecule has 0 saturated heterocycles. The van der Waals surface area contributed by atoms with Crippen molar-refractivity contribution in [2.24, 2.45) is 5.73 Å². The van der Waals surface area contributed by atoms with E-state index < -0.39 is 5.91 Å². The SMILES string of the molecule is CCCCN(CC(N)=O)C(=O)c1cccc(Br)c1C. The van der Waals surface area contributed by atoms with E-state index >= 15 is 0 Å². The monoisotopic (exact) mass is 326 g/mol. The Morgan fingerprint density at radius 3 is 2.63 bits per heavy atom. The lowest BCUT2D eigenvalue weighted by molar-refractivity contribution is -0.118. The van der Waals surface area contributed by atoms with Gasteiger partial charge in [0.15, 0.2) is 0 Å². The maximum absolute atomic E-state index is 12.5. The second kappa shape index (κ2) is 7.28. The first-order valence-electron chi connectivity index (χ1n) is 6.30. The number of rotatable bonds is 6. The van der Waals surface area contributed by atoms with Gasteiger partial charge in [0.25, 0.3) is 5.91 Å². The Morgan fingerprint density at radius 2 is 2.05 bits per heavy atom. The highest BCUT2D eigenvalue weighted by molar-refractivity contribution is 9.10. The van der Waals surface area contributed by atoms with Crippen LogP contribution in [0.4, 0.5) is 0 Å². The van der Waals surface area contributed by atoms with Crippen LogP contribution in [0.2, 0.25) is 0 Å². The van der Waals surface area contributed by atoms with E-state index in [4.69, 9.17) is 5.73 Å². The van der Waals surface area contributed by atoms with E-state index in [0.717, 1.165) is 22.9 Å². The maximum atomic E-state index is 12.5. The average molecular weight is 327 g/mol. The third kappa shape index (κ3) is 4.35. The lowest BCUT2D eigenvalue weighted by Crippen LogP contribution is -2.39. The number of halogens is 1. The summed E-state index contributed by atoms with van der Waals surface area (Å²) in [5.74, 6) is -0.636. The Kier molecular flexibility index (Phi) is 6.02. The normalized spacial score (nSPS) is 10.3. The smallest absolute Gasteiger partial charge is 0.254 e. The molecule has 0 atom stereocenters. The van der Waals surface area contributed by atoms with E-state index in [-0.39, 0.29) is 12.5 Å². The first kappa shape index (κ1) is 15.7. The fraction of sp³-hybridized carbons (Fsp3) is 0.429. The minimum Gasteiger partial charge on any atom is -0.368 e. The predicted octanol–water partition coefficient (Wildman–Crippen LogP) is 2.49. The van der Waals surface area contributed by atoms with Gasteiger partial charge in [-0.1, -0.05) is 35.3 Å². The van der Waals surface area contributed by atoms with Crippen LogP contribution < -0.4 is 5.73 Å². The van der Waals surface area contributed by atoms with Gasteiger partial charge in [-0.25, -0.2) is 0 Å². The highest BCUT2D eigenvalue weighted by Crippen LogP contribution is 2.20. The molecule has 0 heterocycles. The summed E-state index contributed by atoms with van der Waals surface area (Å²) in [6.07, 6.45) is 1.81. The number of unbranched alkanes of at least 4 members (excludes halogenated alkanes) is 1. The summed E-state index contributed by atoms with van der Waals surface area (Å²) >= 11 is 3.40. The quantitative estimate of drug-likeness (QED) is 0.872. The Morgan fingerprint density at radius 1 is 1.37 bits per heavy atom. The molecule has 0 bridgehead atoms. The summed E-state index contributed by atoms with van der Waals surface area (Å²) in [7, 11) is 0. The molecule has 0 unspecified atom stereocenters. The molecule has 4 nitrogen and oxygen atoms in total. The van der Waals surface area contributed by atoms with Gasteiger partial charge in [0.2, 0.25) is 5.91 Å². The highest BCUT2D eigenvalue weighted by Gasteiger charge is 2.19. The number of nitrogens with zero attached hydrogens (tertiary/aromatic N) is 1. The lowest BCUT2D eigenvalue weighted by atomic mass is 10.1. The van der Waals surface area contributed by atoms with Crippen molar-refractivity contribution >= 4 is 27.7 Å². The number of hydrogen-bond donors (Lipinski definition) is 1. The summed E-state index contributed by atoms with van der Waals surface area (Å²) in [5, 5.41) is 0. The Labute approximate surface area is 122 Å². The van der Waals surface area contributed by atoms with Crippen molar-refractivity contribution in [3.63, 3.8) is 0 Å². The van der Waals surface area contributed by atoms with Crippen molar-refractivity contribution in [2.45, 2.75) is 26.7 Å². The van der Waals surface area contributed by atoms with Crippen LogP contribution in [0.1, 0.15) is 35.7 Å². The molecule has 0 fully saturated rings. The van der Waals surface area contributed by atoms with Crippen LogP contribution in [-0.2, 0) is 4.79 Å². The van der Waals surface area contributed by atoms with Crippen LogP contribution in [0.5, 0.6) is 0 Å². The summed E-state index contributed by atoms with van der Waals surface area (Å²) < 4.78 is 0.882. The second-order valence-corrected chi connectivity index (χ2v) is 5.31. The molecule has 19 heavy (non-hydrogen) atoms. The first-order valence-corrected chi connectivity index (χ1v) is 7.09. The molecule has 0 aliphatic rings. The van der Waals surface area contributed by atoms with Crippen molar-refractivity contribution in [1.29, 1.82) is 0 Å². The molecule has 2 N–H and O–H groups in total. The summed E-state index contributed by atoms with van der Waals surface area (Å²) in [5.41, 5.74) is 6.68. The fourth-order valence-corrected chi connectivity index (χ4v) is 2.17. The van der Waals surface area contributed by atoms with E-state index in [1.807, 2.05) is 26.0 Å². The van der Waals surface area contributed by atoms with Gasteiger partial charge in [-0.3, -0.25) is 9.59 Å². The third-order valence-electron chi connectivity index (χ3n) is 2.91. The zero-order valence-electron chi connectivity index (χ0n) is 11.3. The molecule has 0 radical (unpaired) electrons. The molecule has 0 aliphatic carbocycles. The van der Waals surface area contributed by atoms with Gasteiger partial charge in [0.05, 0.1) is 6.54 Å². The van der Waals surface area contributed by atoms with Gasteiger partial charge in [0.1, 0.15) is 0 Å². The van der Waals surface area contributed by atoms with E-state index in [2.05, 4.69) is 15.9 Å². The topological polar surface area (TPSA) is 63.4 Å². The van der Waals surface area contributed by atoms with Crippen LogP contribution >= 0.6 is 15.9 Å². The molecule has 1 aromatic rings. The zero-order valence-corrected chi connectivity index (χ0v) is 12.9. The van der Waals surface area contributed by atoms with E-state index in [9.17, 15) is 9.59 Å². The number of carbonyl (C=O) groups is 2. The Bertz CT molecular complexity index is 475. The first-order chi connectivity index (χ1) is 8.97. The minimum atomic E-state index is -0.489. The number of primary amides is 1. The predicted molar refractivity (Wildman–Crippen MR) is 78.9 cm³/mol. The van der Waals surface area contributed by atoms with Crippen LogP contribution in [0.3, 0.4) is 0 Å². The van der Waals surface area contributed by atoms with E-state index in [1.165, 1.54) is 4.90 Å². The van der Waals surface area contributed by atoms with E-state index in [0.29, 0.717) is 12.1 Å². The molecular formula is C14H19BrN2O2. The van der Waals surface area contributed by atoms with Crippen molar-refractivity contribution in [3.8, 4) is 0 Å². The largest absolute Gasteiger partial charge is 0.368 e. The molecule has 0 saturated carbocycles. The van der Waals surface area contributed by atoms with Crippen molar-refractivity contribution in [3.05, 3.63) is 33.8 Å². The summed E-state index contributed by atoms with van der Waals surface area (Å²) in [6.45, 7) is 4.42. The van der Waals surface area contributed by atoms with Crippen LogP contribution in [0.15, 0.2) is 22.7 Å². The van der Waals surface area contributed by atoms with E-state index in [1.54, 1.807) is 6.07 Å². The van der Waals surface area contributed by atoms with Crippen molar-refractivity contribution < 1.29 is 9.59 Å². The number of carbonyl (C=O) groups excluding carboxylic acids is 2. The van der Waals surface area contributed by atoms with Crippen LogP contribution in [0.25, 0.3) is 0 Å². The molecule has 1 aromatic carbocycles. The van der Waals surface area contributed by atoms with Gasteiger partial charge in [-0.2, -0.15) is 0 Å². The fourth-order valence-electron chi connectivity index (χ4n) is 1.80. The number of benzene rings is 1. The molecule has 104 valence electrons. The molecule has 0 aromatic heterocycles. The standard InChI is InChI=1S/C14H19BrN2O2/c1-3-4-8-17(9-13(16)18)14(19)11-6-5-7-12(15)10(11)2/h5-7H,3-4,8-9H2,1-2H3,(H2,16,18). The van der Waals surface area contributed by atoms with Gasteiger partial charge in [-0.05, 0) is 31.0 Å². The molecule has 1 rings (SSSR count). The number of nitrogens with two attached hydrogens (primary N) is 1. The highest BCUT2D eigenvalue weighted by atomic mass is 79.9. The third-order valence-corrected chi connectivity index (χ3v) is 3.77. The summed E-state index contributed by atoms with van der Waals surface area (Å²) in [4.78, 5) is 25.1. The lowest BCUT2D eigenvalue weighted by Gasteiger charge is -2.22. The molecule has 5 heteroatoms. The average Bonchev–Trinajstić information content (AvgIpc) is 2.36. The van der Waals surface area contributed by atoms with Gasteiger partial charge in [-0.15, -0.1) is 0 Å². The number of amides is 2. The Balaban J connectivity index is 2.97. The van der Waals surface area contributed by atoms with Gasteiger partial charge >= 0.3 is 0 Å². The summed E-state index contributed by atoms with van der Waals surface area (Å²) in [6, 6.07) is 5.46. The van der Waals surface area contributed by atoms with Crippen LogP contribution in [-0.4, -0.2) is 29.8 Å². The van der Waals surface area contributed by atoms with Gasteiger partial charge in [0, 0.05) is 16.6 Å². The van der Waals surface area contributed by atoms with Crippen molar-refractivity contribution in [2.75, 3.05) is 13.1 Å².